The lowest BCUT2D eigenvalue weighted by atomic mass is 9.81. The number of rotatable bonds is 90. The Morgan fingerprint density at radius 2 is 0.754 bits per heavy atom. The number of allylic oxidation sites excluding steroid dienone is 8. The van der Waals surface area contributed by atoms with Crippen molar-refractivity contribution in [3.8, 4) is 0 Å². The first-order chi connectivity index (χ1) is 63.5. The van der Waals surface area contributed by atoms with E-state index >= 15 is 0 Å². The molecule has 3 heterocycles. The molecule has 130 heavy (non-hydrogen) atoms. The van der Waals surface area contributed by atoms with Crippen LogP contribution in [0.25, 0.3) is 0 Å². The maximum absolute atomic E-state index is 12.7. The predicted octanol–water partition coefficient (Wildman–Crippen LogP) is 7.84. The number of carbonyl (C=O) groups is 4. The molecule has 0 unspecified atom stereocenters. The van der Waals surface area contributed by atoms with Crippen LogP contribution in [0, 0.1) is 6.92 Å². The zero-order chi connectivity index (χ0) is 93.2. The molecular weight excluding hydrogens is 1720 g/mol. The zero-order valence-corrected chi connectivity index (χ0v) is 79.1. The molecule has 36 nitrogen and oxygen atoms in total. The van der Waals surface area contributed by atoms with E-state index in [1.165, 1.54) is 17.2 Å². The number of fused-ring (bicyclic) bond motifs is 2. The highest BCUT2D eigenvalue weighted by molar-refractivity contribution is 7.85. The maximum atomic E-state index is 12.7. The maximum Gasteiger partial charge on any atom is 0.333 e. The second-order valence-corrected chi connectivity index (χ2v) is 32.3. The largest absolute Gasteiger partial charge is 0.382 e. The molecule has 0 saturated carbocycles. The number of hydrogen-bond donors (Lipinski definition) is 2. The quantitative estimate of drug-likeness (QED) is 0.0209. The van der Waals surface area contributed by atoms with E-state index in [2.05, 4.69) is 59.8 Å². The minimum atomic E-state index is -4.44. The van der Waals surface area contributed by atoms with Crippen LogP contribution in [0.3, 0.4) is 0 Å². The van der Waals surface area contributed by atoms with Gasteiger partial charge in [-0.1, -0.05) is 68.3 Å². The molecule has 0 radical (unpaired) electrons. The van der Waals surface area contributed by atoms with Gasteiger partial charge in [-0.2, -0.15) is 13.0 Å². The molecule has 2 N–H and O–H groups in total. The summed E-state index contributed by atoms with van der Waals surface area (Å²) in [5.74, 6) is -1.62. The van der Waals surface area contributed by atoms with Gasteiger partial charge in [0.25, 0.3) is 21.9 Å². The molecular formula is C93H153N4O32S+. The Labute approximate surface area is 771 Å². The third-order valence-electron chi connectivity index (χ3n) is 20.1. The number of hydrogen-bond acceptors (Lipinski definition) is 32. The van der Waals surface area contributed by atoms with Crippen molar-refractivity contribution in [3.63, 3.8) is 0 Å². The third kappa shape index (κ3) is 53.3. The van der Waals surface area contributed by atoms with Crippen LogP contribution in [0.1, 0.15) is 109 Å². The molecule has 5 rings (SSSR count). The number of benzene rings is 2. The summed E-state index contributed by atoms with van der Waals surface area (Å²) in [4.78, 5) is 56.2. The summed E-state index contributed by atoms with van der Waals surface area (Å²) >= 11 is 0. The standard InChI is InChI=1S/C93H152N4O32S/c1-80-22-24-84-82(78-80)92(2,3)86(95(84)30-17-11-15-21-91(101)129-97-89(99)26-27-90(97)100)18-12-8-7-9-13-19-87-93(4,5)83-79-81(130(102,103)104)23-25-85(83)96(87)29-16-10-14-20-88(98)94-28-31-106-34-35-108-38-39-110-42-43-112-46-47-114-50-51-116-54-55-118-58-59-120-62-63-122-66-67-124-70-71-126-74-75-128-77-76-127-73-72-125-69-68-123-65-64-121-61-60-119-57-56-117-53-52-115-49-48-113-45-44-111-41-40-109-37-36-107-33-32-105-6/h7-9,12-13,18-19,22-25,78-79H,10-11,14-17,20-21,26-77H2,1-6H3,(H-,94,98,102,103,104)/p+1. The molecule has 3 aliphatic rings. The Balaban J connectivity index is 0.710. The predicted molar refractivity (Wildman–Crippen MR) is 484 cm³/mol. The van der Waals surface area contributed by atoms with Gasteiger partial charge in [-0.3, -0.25) is 18.9 Å². The molecule has 37 heteroatoms. The second-order valence-electron chi connectivity index (χ2n) is 30.9. The van der Waals surface area contributed by atoms with Crippen molar-refractivity contribution < 1.29 is 155 Å². The lowest BCUT2D eigenvalue weighted by molar-refractivity contribution is -0.438. The van der Waals surface area contributed by atoms with E-state index in [0.29, 0.717) is 348 Å². The number of nitrogens with zero attached hydrogens (tertiary/aromatic N) is 3. The average Bonchev–Trinajstić information content (AvgIpc) is 1.59. The highest BCUT2D eigenvalue weighted by Gasteiger charge is 2.45. The lowest BCUT2D eigenvalue weighted by Crippen LogP contribution is -2.32. The Morgan fingerprint density at radius 1 is 0.408 bits per heavy atom. The first-order valence-corrected chi connectivity index (χ1v) is 47.4. The minimum absolute atomic E-state index is 0.0522. The fourth-order valence-corrected chi connectivity index (χ4v) is 13.8. The number of unbranched alkanes of at least 4 members (excludes halogenated alkanes) is 4. The molecule has 3 amide bonds. The Kier molecular flexibility index (Phi) is 66.1. The fourth-order valence-electron chi connectivity index (χ4n) is 13.3. The summed E-state index contributed by atoms with van der Waals surface area (Å²) in [5, 5.41) is 3.53. The molecule has 0 bridgehead atoms. The smallest absolute Gasteiger partial charge is 0.333 e. The van der Waals surface area contributed by atoms with Crippen LogP contribution in [-0.4, -0.2) is 389 Å². The van der Waals surface area contributed by atoms with Crippen LogP contribution < -0.4 is 10.2 Å². The van der Waals surface area contributed by atoms with Crippen molar-refractivity contribution in [2.45, 2.75) is 115 Å². The summed E-state index contributed by atoms with van der Waals surface area (Å²) in [5.41, 5.74) is 6.43. The van der Waals surface area contributed by atoms with Crippen molar-refractivity contribution >= 4 is 50.9 Å². The van der Waals surface area contributed by atoms with Crippen LogP contribution >= 0.6 is 0 Å². The van der Waals surface area contributed by atoms with Gasteiger partial charge in [0.05, 0.1) is 321 Å². The van der Waals surface area contributed by atoms with Crippen LogP contribution in [0.5, 0.6) is 0 Å². The van der Waals surface area contributed by atoms with E-state index in [1.807, 2.05) is 50.3 Å². The summed E-state index contributed by atoms with van der Waals surface area (Å²) < 4.78 is 169. The zero-order valence-electron chi connectivity index (χ0n) is 78.3. The van der Waals surface area contributed by atoms with E-state index in [0.717, 1.165) is 60.6 Å². The fraction of sp³-hybridized carbons (Fsp3) is 0.731. The van der Waals surface area contributed by atoms with E-state index in [4.69, 9.17) is 119 Å². The highest BCUT2D eigenvalue weighted by Crippen LogP contribution is 2.48. The van der Waals surface area contributed by atoms with Crippen molar-refractivity contribution in [3.05, 3.63) is 101 Å². The topological polar surface area (TPSA) is 375 Å². The monoisotopic (exact) mass is 1870 g/mol. The Bertz CT molecular complexity index is 3550. The van der Waals surface area contributed by atoms with E-state index in [1.54, 1.807) is 19.2 Å². The SMILES string of the molecule is COCCOCCOCCOCCOCCOCCOCCOCCOCCOCCOCCOCCOCCOCCOCCOCCOCCOCCOCCOCCOCCOCCOCCOCCNC(=O)CCCCC[N+]1=C(C=CC=CC=CC=C2N(CCCCCC(=O)ON3C(=O)CCC3=O)c3ccc(C)cc3C2(C)C)C(C)(C)c2cc(S(=O)(=O)O)ccc21. The molecule has 3 aliphatic heterocycles. The summed E-state index contributed by atoms with van der Waals surface area (Å²) in [6, 6.07) is 11.2. The van der Waals surface area contributed by atoms with Crippen LogP contribution in [0.2, 0.25) is 0 Å². The van der Waals surface area contributed by atoms with E-state index < -0.39 is 33.3 Å². The number of ether oxygens (including phenoxy) is 24. The number of anilines is 1. The summed E-state index contributed by atoms with van der Waals surface area (Å²) in [6.07, 6.45) is 19.0. The molecule has 2 aromatic carbocycles. The van der Waals surface area contributed by atoms with Gasteiger partial charge in [0.2, 0.25) is 11.6 Å². The van der Waals surface area contributed by atoms with Crippen molar-refractivity contribution in [2.75, 3.05) is 342 Å². The Morgan fingerprint density at radius 3 is 1.13 bits per heavy atom. The molecule has 0 spiro atoms. The van der Waals surface area contributed by atoms with Crippen LogP contribution in [-0.2, 0) is 159 Å². The van der Waals surface area contributed by atoms with Gasteiger partial charge in [-0.15, -0.1) is 5.06 Å². The number of hydroxylamine groups is 2. The molecule has 1 fully saturated rings. The van der Waals surface area contributed by atoms with Gasteiger partial charge in [-0.05, 0) is 76.3 Å². The van der Waals surface area contributed by atoms with Crippen LogP contribution in [0.15, 0.2) is 89.5 Å². The minimum Gasteiger partial charge on any atom is -0.382 e. The highest BCUT2D eigenvalue weighted by atomic mass is 32.2. The normalized spacial score (nSPS) is 14.7. The number of aryl methyl sites for hydroxylation is 1. The van der Waals surface area contributed by atoms with Crippen molar-refractivity contribution in [1.29, 1.82) is 0 Å². The number of carbonyl (C=O) groups excluding carboxylic acids is 4. The molecule has 742 valence electrons. The lowest BCUT2D eigenvalue weighted by Gasteiger charge is -2.27. The van der Waals surface area contributed by atoms with E-state index in [-0.39, 0.29) is 35.5 Å². The number of amides is 3. The van der Waals surface area contributed by atoms with Gasteiger partial charge >= 0.3 is 5.97 Å². The van der Waals surface area contributed by atoms with Gasteiger partial charge in [0.1, 0.15) is 6.54 Å². The second kappa shape index (κ2) is 75.1. The summed E-state index contributed by atoms with van der Waals surface area (Å²) in [7, 11) is -2.80. The first-order valence-electron chi connectivity index (χ1n) is 45.9. The van der Waals surface area contributed by atoms with Gasteiger partial charge in [0.15, 0.2) is 5.71 Å². The Hall–Kier alpha value is -6.10. The number of nitrogens with one attached hydrogen (secondary N) is 1. The van der Waals surface area contributed by atoms with Crippen LogP contribution in [0.4, 0.5) is 11.4 Å². The molecule has 2 aromatic rings. The van der Waals surface area contributed by atoms with Crippen molar-refractivity contribution in [1.82, 2.24) is 10.4 Å². The molecule has 0 atom stereocenters. The molecule has 0 aromatic heterocycles. The number of imide groups is 1. The van der Waals surface area contributed by atoms with Gasteiger partial charge < -0.3 is 129 Å². The average molecular weight is 1870 g/mol. The number of methoxy groups -OCH3 is 1. The summed E-state index contributed by atoms with van der Waals surface area (Å²) in [6.45, 7) is 34.5. The molecule has 1 saturated heterocycles. The molecule has 0 aliphatic carbocycles. The first kappa shape index (κ1) is 114. The van der Waals surface area contributed by atoms with Crippen molar-refractivity contribution in [2.24, 2.45) is 0 Å². The van der Waals surface area contributed by atoms with Gasteiger partial charge in [-0.25, -0.2) is 4.79 Å². The van der Waals surface area contributed by atoms with Gasteiger partial charge in [0, 0.05) is 86.8 Å². The third-order valence-corrected chi connectivity index (χ3v) is 20.9. The van der Waals surface area contributed by atoms with E-state index in [9.17, 15) is 32.1 Å².